The van der Waals surface area contributed by atoms with Gasteiger partial charge >= 0.3 is 5.97 Å². The molecule has 0 atom stereocenters. The van der Waals surface area contributed by atoms with E-state index in [9.17, 15) is 4.79 Å². The van der Waals surface area contributed by atoms with Crippen LogP contribution in [0.5, 0.6) is 0 Å². The fourth-order valence-electron chi connectivity index (χ4n) is 2.55. The number of esters is 1. The Morgan fingerprint density at radius 2 is 2.00 bits per heavy atom. The maximum absolute atomic E-state index is 12.0. The first-order chi connectivity index (χ1) is 10.8. The molecular weight excluding hydrogens is 298 g/mol. The van der Waals surface area contributed by atoms with E-state index in [2.05, 4.69) is 5.32 Å². The summed E-state index contributed by atoms with van der Waals surface area (Å²) in [4.78, 5) is 13.7. The van der Waals surface area contributed by atoms with Crippen molar-refractivity contribution in [3.8, 4) is 10.4 Å². The minimum atomic E-state index is -0.290. The number of benzene rings is 1. The van der Waals surface area contributed by atoms with Crippen molar-refractivity contribution in [3.05, 3.63) is 41.3 Å². The van der Waals surface area contributed by atoms with Gasteiger partial charge in [-0.3, -0.25) is 0 Å². The summed E-state index contributed by atoms with van der Waals surface area (Å²) < 4.78 is 10.3. The van der Waals surface area contributed by atoms with Crippen LogP contribution in [0, 0.1) is 0 Å². The number of hydrogen-bond acceptors (Lipinski definition) is 5. The van der Waals surface area contributed by atoms with Crippen LogP contribution < -0.4 is 5.32 Å². The highest BCUT2D eigenvalue weighted by Gasteiger charge is 2.21. The molecule has 22 heavy (non-hydrogen) atoms. The average Bonchev–Trinajstić information content (AvgIpc) is 3.00. The van der Waals surface area contributed by atoms with Gasteiger partial charge in [0.25, 0.3) is 0 Å². The van der Waals surface area contributed by atoms with Gasteiger partial charge in [-0.1, -0.05) is 30.3 Å². The average molecular weight is 317 g/mol. The molecule has 0 bridgehead atoms. The van der Waals surface area contributed by atoms with Gasteiger partial charge in [0.05, 0.1) is 12.8 Å². The number of hydrogen-bond donors (Lipinski definition) is 1. The van der Waals surface area contributed by atoms with Crippen LogP contribution in [0.4, 0.5) is 5.69 Å². The molecule has 0 saturated carbocycles. The Hall–Kier alpha value is -1.85. The highest BCUT2D eigenvalue weighted by molar-refractivity contribution is 7.18. The summed E-state index contributed by atoms with van der Waals surface area (Å²) in [5.74, 6) is -0.290. The van der Waals surface area contributed by atoms with Crippen molar-refractivity contribution in [2.75, 3.05) is 25.6 Å². The van der Waals surface area contributed by atoms with Crippen molar-refractivity contribution in [1.29, 1.82) is 0 Å². The van der Waals surface area contributed by atoms with E-state index in [1.807, 2.05) is 36.4 Å². The Morgan fingerprint density at radius 3 is 2.68 bits per heavy atom. The van der Waals surface area contributed by atoms with E-state index in [0.717, 1.165) is 42.2 Å². The van der Waals surface area contributed by atoms with Gasteiger partial charge < -0.3 is 14.8 Å². The number of anilines is 1. The Morgan fingerprint density at radius 1 is 1.27 bits per heavy atom. The van der Waals surface area contributed by atoms with Gasteiger partial charge in [-0.05, 0) is 24.5 Å². The van der Waals surface area contributed by atoms with Gasteiger partial charge in [0.15, 0.2) is 0 Å². The van der Waals surface area contributed by atoms with Crippen LogP contribution >= 0.6 is 11.3 Å². The molecule has 2 aromatic rings. The summed E-state index contributed by atoms with van der Waals surface area (Å²) >= 11 is 1.47. The molecule has 5 heteroatoms. The van der Waals surface area contributed by atoms with Gasteiger partial charge in [-0.25, -0.2) is 4.79 Å². The van der Waals surface area contributed by atoms with Crippen LogP contribution in [-0.4, -0.2) is 32.3 Å². The molecule has 1 N–H and O–H groups in total. The van der Waals surface area contributed by atoms with Gasteiger partial charge in [-0.2, -0.15) is 0 Å². The van der Waals surface area contributed by atoms with E-state index in [-0.39, 0.29) is 5.97 Å². The molecule has 2 heterocycles. The van der Waals surface area contributed by atoms with E-state index in [4.69, 9.17) is 9.47 Å². The zero-order chi connectivity index (χ0) is 15.4. The van der Waals surface area contributed by atoms with E-state index in [0.29, 0.717) is 10.9 Å². The summed E-state index contributed by atoms with van der Waals surface area (Å²) in [5, 5.41) is 3.48. The smallest absolute Gasteiger partial charge is 0.350 e. The van der Waals surface area contributed by atoms with Crippen LogP contribution in [0.3, 0.4) is 0 Å². The molecule has 1 fully saturated rings. The normalized spacial score (nSPS) is 15.5. The predicted octanol–water partition coefficient (Wildman–Crippen LogP) is 3.79. The second-order valence-corrected chi connectivity index (χ2v) is 6.29. The van der Waals surface area contributed by atoms with Gasteiger partial charge in [0.2, 0.25) is 0 Å². The van der Waals surface area contributed by atoms with Crippen LogP contribution in [0.15, 0.2) is 36.4 Å². The molecular formula is C17H19NO3S. The van der Waals surface area contributed by atoms with Crippen LogP contribution in [0.25, 0.3) is 10.4 Å². The number of methoxy groups -OCH3 is 1. The zero-order valence-corrected chi connectivity index (χ0v) is 13.3. The second-order valence-electron chi connectivity index (χ2n) is 5.24. The number of nitrogens with one attached hydrogen (secondary N) is 1. The van der Waals surface area contributed by atoms with Gasteiger partial charge in [0, 0.05) is 24.1 Å². The van der Waals surface area contributed by atoms with E-state index < -0.39 is 0 Å². The lowest BCUT2D eigenvalue weighted by atomic mass is 10.1. The third-order valence-electron chi connectivity index (χ3n) is 3.74. The summed E-state index contributed by atoms with van der Waals surface area (Å²) in [6, 6.07) is 12.5. The quantitative estimate of drug-likeness (QED) is 0.872. The van der Waals surface area contributed by atoms with E-state index in [1.54, 1.807) is 0 Å². The molecule has 1 aliphatic rings. The highest BCUT2D eigenvalue weighted by Crippen LogP contribution is 2.36. The molecule has 1 aromatic carbocycles. The summed E-state index contributed by atoms with van der Waals surface area (Å²) in [6.45, 7) is 1.53. The molecule has 0 unspecified atom stereocenters. The number of ether oxygens (including phenoxy) is 2. The molecule has 0 radical (unpaired) electrons. The second kappa shape index (κ2) is 6.94. The van der Waals surface area contributed by atoms with Crippen molar-refractivity contribution < 1.29 is 14.3 Å². The summed E-state index contributed by atoms with van der Waals surface area (Å²) in [6.07, 6.45) is 1.91. The standard InChI is InChI=1S/C17H19NO3S/c1-20-17(19)16-14(18-13-7-9-21-10-8-13)11-15(22-16)12-5-3-2-4-6-12/h2-6,11,13,18H,7-10H2,1H3. The van der Waals surface area contributed by atoms with Crippen LogP contribution in [0.2, 0.25) is 0 Å². The molecule has 1 aromatic heterocycles. The van der Waals surface area contributed by atoms with E-state index in [1.165, 1.54) is 18.4 Å². The Labute approximate surface area is 134 Å². The van der Waals surface area contributed by atoms with Crippen molar-refractivity contribution in [2.24, 2.45) is 0 Å². The molecule has 4 nitrogen and oxygen atoms in total. The van der Waals surface area contributed by atoms with Crippen LogP contribution in [0.1, 0.15) is 22.5 Å². The third-order valence-corrected chi connectivity index (χ3v) is 4.91. The SMILES string of the molecule is COC(=O)c1sc(-c2ccccc2)cc1NC1CCOCC1. The summed E-state index contributed by atoms with van der Waals surface area (Å²) in [7, 11) is 1.42. The van der Waals surface area contributed by atoms with E-state index >= 15 is 0 Å². The number of rotatable bonds is 4. The predicted molar refractivity (Wildman–Crippen MR) is 88.6 cm³/mol. The van der Waals surface area contributed by atoms with Crippen molar-refractivity contribution in [1.82, 2.24) is 0 Å². The number of carbonyl (C=O) groups excluding carboxylic acids is 1. The van der Waals surface area contributed by atoms with Crippen molar-refractivity contribution in [3.63, 3.8) is 0 Å². The molecule has 1 aliphatic heterocycles. The zero-order valence-electron chi connectivity index (χ0n) is 12.5. The van der Waals surface area contributed by atoms with Crippen molar-refractivity contribution >= 4 is 23.0 Å². The minimum absolute atomic E-state index is 0.290. The maximum Gasteiger partial charge on any atom is 0.350 e. The molecule has 3 rings (SSSR count). The van der Waals surface area contributed by atoms with Gasteiger partial charge in [0.1, 0.15) is 4.88 Å². The lowest BCUT2D eigenvalue weighted by Crippen LogP contribution is -2.28. The van der Waals surface area contributed by atoms with Crippen molar-refractivity contribution in [2.45, 2.75) is 18.9 Å². The van der Waals surface area contributed by atoms with Crippen LogP contribution in [-0.2, 0) is 9.47 Å². The number of thiophene rings is 1. The molecule has 1 saturated heterocycles. The first-order valence-corrected chi connectivity index (χ1v) is 8.21. The first kappa shape index (κ1) is 15.1. The lowest BCUT2D eigenvalue weighted by molar-refractivity contribution is 0.0607. The largest absolute Gasteiger partial charge is 0.465 e. The minimum Gasteiger partial charge on any atom is -0.465 e. The fraction of sp³-hybridized carbons (Fsp3) is 0.353. The Balaban J connectivity index is 1.89. The molecule has 0 amide bonds. The summed E-state index contributed by atoms with van der Waals surface area (Å²) in [5.41, 5.74) is 1.97. The number of carbonyl (C=O) groups is 1. The maximum atomic E-state index is 12.0. The molecule has 116 valence electrons. The first-order valence-electron chi connectivity index (χ1n) is 7.40. The Kier molecular flexibility index (Phi) is 4.75. The topological polar surface area (TPSA) is 47.6 Å². The van der Waals surface area contributed by atoms with Gasteiger partial charge in [-0.15, -0.1) is 11.3 Å². The monoisotopic (exact) mass is 317 g/mol. The lowest BCUT2D eigenvalue weighted by Gasteiger charge is -2.24. The Bertz CT molecular complexity index is 633. The molecule has 0 spiro atoms. The highest BCUT2D eigenvalue weighted by atomic mass is 32.1. The molecule has 0 aliphatic carbocycles. The third kappa shape index (κ3) is 3.31. The fourth-order valence-corrected chi connectivity index (χ4v) is 3.59.